The lowest BCUT2D eigenvalue weighted by Crippen LogP contribution is -2.60. The van der Waals surface area contributed by atoms with Crippen molar-refractivity contribution in [1.82, 2.24) is 14.8 Å². The zero-order valence-electron chi connectivity index (χ0n) is 21.8. The summed E-state index contributed by atoms with van der Waals surface area (Å²) in [6.45, 7) is 7.49. The van der Waals surface area contributed by atoms with E-state index in [1.165, 1.54) is 17.4 Å². The maximum Gasteiger partial charge on any atom is 0.327 e. The van der Waals surface area contributed by atoms with Crippen LogP contribution in [0.1, 0.15) is 63.2 Å². The number of carbonyl (C=O) groups is 4. The highest BCUT2D eigenvalue weighted by atomic mass is 16.5. The molecule has 1 aromatic heterocycles. The molecule has 10 nitrogen and oxygen atoms in total. The Bertz CT molecular complexity index is 1070. The van der Waals surface area contributed by atoms with Gasteiger partial charge in [-0.3, -0.25) is 19.3 Å². The van der Waals surface area contributed by atoms with Gasteiger partial charge in [0.15, 0.2) is 0 Å². The summed E-state index contributed by atoms with van der Waals surface area (Å²) in [6.07, 6.45) is 3.80. The number of ketones is 1. The van der Waals surface area contributed by atoms with E-state index in [9.17, 15) is 19.2 Å². The van der Waals surface area contributed by atoms with Crippen molar-refractivity contribution in [2.24, 2.45) is 17.6 Å². The average Bonchev–Trinajstić information content (AvgIpc) is 3.57. The summed E-state index contributed by atoms with van der Waals surface area (Å²) in [5, 5.41) is 0. The number of hydrogen-bond donors (Lipinski definition) is 1. The van der Waals surface area contributed by atoms with Gasteiger partial charge in [0.25, 0.3) is 5.89 Å². The summed E-state index contributed by atoms with van der Waals surface area (Å²) in [7, 11) is 0. The number of ether oxygens (including phenoxy) is 1. The molecule has 2 aromatic rings. The molecule has 0 aliphatic carbocycles. The summed E-state index contributed by atoms with van der Waals surface area (Å²) in [5.74, 6) is -2.59. The molecule has 3 atom stereocenters. The highest BCUT2D eigenvalue weighted by Crippen LogP contribution is 2.27. The Hall–Kier alpha value is -3.53. The number of urea groups is 1. The number of rotatable bonds is 10. The molecule has 10 heteroatoms. The minimum absolute atomic E-state index is 0.0170. The second-order valence-corrected chi connectivity index (χ2v) is 9.99. The Kier molecular flexibility index (Phi) is 9.57. The predicted octanol–water partition coefficient (Wildman–Crippen LogP) is 3.41. The Labute approximate surface area is 217 Å². The number of carbonyl (C=O) groups excluding carboxylic acids is 4. The zero-order chi connectivity index (χ0) is 27.1. The highest BCUT2D eigenvalue weighted by Gasteiger charge is 2.45. The van der Waals surface area contributed by atoms with Crippen LogP contribution in [0.3, 0.4) is 0 Å². The lowest BCUT2D eigenvalue weighted by molar-refractivity contribution is -0.146. The fraction of sp³-hybridized carbons (Fsp3) is 0.519. The predicted molar refractivity (Wildman–Crippen MR) is 135 cm³/mol. The summed E-state index contributed by atoms with van der Waals surface area (Å²) in [4.78, 5) is 59.8. The number of aromatic nitrogens is 1. The molecule has 1 aromatic carbocycles. The lowest BCUT2D eigenvalue weighted by atomic mass is 9.95. The number of nitrogens with two attached hydrogens (primary N) is 1. The molecular weight excluding hydrogens is 476 g/mol. The number of esters is 1. The maximum absolute atomic E-state index is 13.9. The molecule has 1 unspecified atom stereocenters. The Morgan fingerprint density at radius 1 is 1.14 bits per heavy atom. The summed E-state index contributed by atoms with van der Waals surface area (Å²) in [5.41, 5.74) is 7.04. The van der Waals surface area contributed by atoms with E-state index in [1.54, 1.807) is 27.7 Å². The van der Waals surface area contributed by atoms with Crippen molar-refractivity contribution in [3.8, 4) is 0 Å². The first-order valence-electron chi connectivity index (χ1n) is 12.6. The number of oxazole rings is 1. The van der Waals surface area contributed by atoms with Crippen molar-refractivity contribution >= 4 is 23.7 Å². The van der Waals surface area contributed by atoms with Crippen LogP contribution in [0.25, 0.3) is 0 Å². The first-order valence-corrected chi connectivity index (χ1v) is 12.6. The largest absolute Gasteiger partial charge is 0.461 e. The van der Waals surface area contributed by atoms with Crippen LogP contribution in [0.4, 0.5) is 4.79 Å². The highest BCUT2D eigenvalue weighted by molar-refractivity contribution is 6.06. The smallest absolute Gasteiger partial charge is 0.327 e. The molecule has 200 valence electrons. The molecule has 2 N–H and O–H groups in total. The topological polar surface area (TPSA) is 136 Å². The van der Waals surface area contributed by atoms with Gasteiger partial charge in [0, 0.05) is 12.6 Å². The summed E-state index contributed by atoms with van der Waals surface area (Å²) >= 11 is 0. The first-order chi connectivity index (χ1) is 17.6. The van der Waals surface area contributed by atoms with Crippen molar-refractivity contribution in [3.63, 3.8) is 0 Å². The fourth-order valence-corrected chi connectivity index (χ4v) is 4.41. The van der Waals surface area contributed by atoms with Crippen LogP contribution in [-0.4, -0.2) is 63.1 Å². The van der Waals surface area contributed by atoms with E-state index in [4.69, 9.17) is 14.9 Å². The van der Waals surface area contributed by atoms with Crippen LogP contribution < -0.4 is 5.73 Å². The SMILES string of the molecule is CC(C)[C@H](N)C(=O)N(C(=O)N1CCCC1CC(=O)OCc1ccccc1)[C@H](C(=O)c1ncco1)C(C)C. The molecule has 0 bridgehead atoms. The van der Waals surface area contributed by atoms with E-state index in [0.29, 0.717) is 19.4 Å². The number of Topliss-reactive ketones (excluding diaryl/α,β-unsaturated/α-hetero) is 1. The third-order valence-corrected chi connectivity index (χ3v) is 6.54. The number of amides is 3. The van der Waals surface area contributed by atoms with Gasteiger partial charge in [0.1, 0.15) is 18.9 Å². The van der Waals surface area contributed by atoms with Gasteiger partial charge in [-0.1, -0.05) is 58.0 Å². The molecule has 1 aliphatic heterocycles. The van der Waals surface area contributed by atoms with Gasteiger partial charge in [0.2, 0.25) is 11.7 Å². The van der Waals surface area contributed by atoms with E-state index < -0.39 is 47.7 Å². The molecule has 1 fully saturated rings. The molecule has 0 radical (unpaired) electrons. The molecular formula is C27H36N4O6. The van der Waals surface area contributed by atoms with Crippen LogP contribution in [-0.2, 0) is 20.9 Å². The lowest BCUT2D eigenvalue weighted by Gasteiger charge is -2.37. The fourth-order valence-electron chi connectivity index (χ4n) is 4.41. The standard InChI is InChI=1S/C27H36N4O6/c1-17(2)22(28)26(34)31(23(18(3)4)24(33)25-29-12-14-36-25)27(35)30-13-8-11-20(30)15-21(32)37-16-19-9-6-5-7-10-19/h5-7,9-10,12,14,17-18,20,22-23H,8,11,13,15-16,28H2,1-4H3/t20?,22-,23-/m0/s1. The van der Waals surface area contributed by atoms with Gasteiger partial charge in [-0.25, -0.2) is 9.78 Å². The first kappa shape index (κ1) is 28.0. The average molecular weight is 513 g/mol. The van der Waals surface area contributed by atoms with E-state index in [1.807, 2.05) is 30.3 Å². The maximum atomic E-state index is 13.9. The van der Waals surface area contributed by atoms with Gasteiger partial charge < -0.3 is 19.8 Å². The second-order valence-electron chi connectivity index (χ2n) is 9.99. The number of imide groups is 1. The van der Waals surface area contributed by atoms with Crippen molar-refractivity contribution in [1.29, 1.82) is 0 Å². The molecule has 2 heterocycles. The monoisotopic (exact) mass is 512 g/mol. The van der Waals surface area contributed by atoms with Crippen molar-refractivity contribution in [3.05, 3.63) is 54.2 Å². The quantitative estimate of drug-likeness (QED) is 0.378. The van der Waals surface area contributed by atoms with E-state index in [0.717, 1.165) is 10.5 Å². The van der Waals surface area contributed by atoms with Crippen LogP contribution in [0, 0.1) is 11.8 Å². The summed E-state index contributed by atoms with van der Waals surface area (Å²) in [6, 6.07) is 6.02. The number of hydrogen-bond acceptors (Lipinski definition) is 8. The van der Waals surface area contributed by atoms with Gasteiger partial charge in [-0.05, 0) is 30.2 Å². The van der Waals surface area contributed by atoms with Crippen molar-refractivity contribution in [2.45, 2.75) is 71.7 Å². The van der Waals surface area contributed by atoms with Crippen LogP contribution >= 0.6 is 0 Å². The third kappa shape index (κ3) is 6.82. The number of likely N-dealkylation sites (tertiary alicyclic amines) is 1. The van der Waals surface area contributed by atoms with Crippen LogP contribution in [0.15, 0.2) is 47.2 Å². The second kappa shape index (κ2) is 12.6. The molecule has 0 spiro atoms. The molecule has 0 saturated carbocycles. The van der Waals surface area contributed by atoms with Gasteiger partial charge in [-0.2, -0.15) is 0 Å². The normalized spacial score (nSPS) is 17.1. The zero-order valence-corrected chi connectivity index (χ0v) is 21.8. The van der Waals surface area contributed by atoms with E-state index in [-0.39, 0.29) is 24.8 Å². The number of benzene rings is 1. The molecule has 37 heavy (non-hydrogen) atoms. The molecule has 3 amide bonds. The van der Waals surface area contributed by atoms with Gasteiger partial charge in [-0.15, -0.1) is 0 Å². The molecule has 1 saturated heterocycles. The molecule has 1 aliphatic rings. The Morgan fingerprint density at radius 3 is 2.43 bits per heavy atom. The Balaban J connectivity index is 1.83. The number of nitrogens with zero attached hydrogens (tertiary/aromatic N) is 3. The van der Waals surface area contributed by atoms with Crippen molar-refractivity contribution < 1.29 is 28.3 Å². The van der Waals surface area contributed by atoms with Crippen LogP contribution in [0.5, 0.6) is 0 Å². The van der Waals surface area contributed by atoms with Crippen molar-refractivity contribution in [2.75, 3.05) is 6.54 Å². The summed E-state index contributed by atoms with van der Waals surface area (Å²) < 4.78 is 10.6. The third-order valence-electron chi connectivity index (χ3n) is 6.54. The van der Waals surface area contributed by atoms with Crippen LogP contribution in [0.2, 0.25) is 0 Å². The molecule has 3 rings (SSSR count). The van der Waals surface area contributed by atoms with Gasteiger partial charge >= 0.3 is 12.0 Å². The minimum Gasteiger partial charge on any atom is -0.461 e. The Morgan fingerprint density at radius 2 is 1.84 bits per heavy atom. The minimum atomic E-state index is -1.17. The van der Waals surface area contributed by atoms with Gasteiger partial charge in [0.05, 0.1) is 18.7 Å². The van der Waals surface area contributed by atoms with E-state index >= 15 is 0 Å². The van der Waals surface area contributed by atoms with E-state index in [2.05, 4.69) is 4.98 Å².